The maximum atomic E-state index is 4.92. The quantitative estimate of drug-likeness (QED) is 0.483. The minimum absolute atomic E-state index is 0.716. The van der Waals surface area contributed by atoms with Gasteiger partial charge in [0, 0.05) is 17.3 Å². The van der Waals surface area contributed by atoms with Crippen LogP contribution in [0.15, 0.2) is 61.3 Å². The highest BCUT2D eigenvalue weighted by molar-refractivity contribution is 5.85. The fourth-order valence-electron chi connectivity index (χ4n) is 3.20. The second-order valence-electron chi connectivity index (χ2n) is 6.50. The average molecular weight is 354 g/mol. The van der Waals surface area contributed by atoms with Gasteiger partial charge in [-0.25, -0.2) is 14.6 Å². The van der Waals surface area contributed by atoms with Gasteiger partial charge in [0.2, 0.25) is 0 Å². The summed E-state index contributed by atoms with van der Waals surface area (Å²) in [7, 11) is 0. The van der Waals surface area contributed by atoms with E-state index in [1.54, 1.807) is 17.1 Å². The molecule has 0 unspecified atom stereocenters. The van der Waals surface area contributed by atoms with Gasteiger partial charge < -0.3 is 0 Å². The number of rotatable bonds is 5. The molecule has 0 N–H and O–H groups in total. The van der Waals surface area contributed by atoms with E-state index in [2.05, 4.69) is 74.1 Å². The maximum absolute atomic E-state index is 4.92. The molecule has 0 radical (unpaired) electrons. The number of nitrogens with zero attached hydrogens (tertiary/aromatic N) is 4. The van der Waals surface area contributed by atoms with Gasteiger partial charge in [-0.05, 0) is 24.0 Å². The zero-order chi connectivity index (χ0) is 18.8. The molecule has 0 aliphatic rings. The fraction of sp³-hybridized carbons (Fsp3) is 0.174. The second-order valence-corrected chi connectivity index (χ2v) is 6.50. The molecule has 0 aliphatic heterocycles. The molecule has 0 fully saturated rings. The van der Waals surface area contributed by atoms with E-state index in [9.17, 15) is 0 Å². The molecule has 2 aromatic heterocycles. The molecular weight excluding hydrogens is 332 g/mol. The number of benzene rings is 2. The van der Waals surface area contributed by atoms with Gasteiger partial charge >= 0.3 is 0 Å². The van der Waals surface area contributed by atoms with Gasteiger partial charge in [-0.15, -0.1) is 0 Å². The summed E-state index contributed by atoms with van der Waals surface area (Å²) in [5.74, 6) is 0. The van der Waals surface area contributed by atoms with Crippen molar-refractivity contribution in [3.63, 3.8) is 0 Å². The molecule has 2 heterocycles. The van der Waals surface area contributed by atoms with E-state index >= 15 is 0 Å². The summed E-state index contributed by atoms with van der Waals surface area (Å²) >= 11 is 0. The Hall–Kier alpha value is -3.27. The summed E-state index contributed by atoms with van der Waals surface area (Å²) in [5.41, 5.74) is 7.93. The van der Waals surface area contributed by atoms with E-state index in [0.717, 1.165) is 40.9 Å². The molecule has 0 saturated heterocycles. The van der Waals surface area contributed by atoms with Crippen molar-refractivity contribution in [1.29, 1.82) is 0 Å². The number of aryl methyl sites for hydroxylation is 2. The first-order valence-corrected chi connectivity index (χ1v) is 9.30. The van der Waals surface area contributed by atoms with Crippen molar-refractivity contribution in [3.05, 3.63) is 72.4 Å². The highest BCUT2D eigenvalue weighted by Crippen LogP contribution is 2.31. The number of hydrogen-bond acceptors (Lipinski definition) is 3. The third-order valence-electron chi connectivity index (χ3n) is 4.87. The lowest BCUT2D eigenvalue weighted by Gasteiger charge is -2.10. The molecule has 0 amide bonds. The Morgan fingerprint density at radius 1 is 0.815 bits per heavy atom. The fourth-order valence-corrected chi connectivity index (χ4v) is 3.20. The van der Waals surface area contributed by atoms with Crippen molar-refractivity contribution < 1.29 is 0 Å². The van der Waals surface area contributed by atoms with Gasteiger partial charge in [-0.1, -0.05) is 69.0 Å². The van der Waals surface area contributed by atoms with Gasteiger partial charge in [0.05, 0.1) is 17.6 Å². The number of aromatic nitrogens is 4. The van der Waals surface area contributed by atoms with Crippen LogP contribution in [0.25, 0.3) is 39.9 Å². The predicted molar refractivity (Wildman–Crippen MR) is 111 cm³/mol. The van der Waals surface area contributed by atoms with Crippen LogP contribution in [-0.4, -0.2) is 19.7 Å². The minimum Gasteiger partial charge on any atom is -0.240 e. The standard InChI is InChI=1S/C23H22N4/c1-4-16-7-11-18(12-8-16)21-22(19-13-9-17(5-2)10-14-19)26-23-20(25-21)15-24-27(23)6-3/h6-15H,3-5H2,1-2H3. The van der Waals surface area contributed by atoms with Gasteiger partial charge in [0.15, 0.2) is 5.65 Å². The number of hydrogen-bond donors (Lipinski definition) is 0. The van der Waals surface area contributed by atoms with Gasteiger partial charge in [-0.2, -0.15) is 5.10 Å². The molecule has 134 valence electrons. The van der Waals surface area contributed by atoms with E-state index in [1.165, 1.54) is 11.1 Å². The van der Waals surface area contributed by atoms with E-state index in [-0.39, 0.29) is 0 Å². The zero-order valence-corrected chi connectivity index (χ0v) is 15.7. The van der Waals surface area contributed by atoms with E-state index in [0.29, 0.717) is 5.65 Å². The predicted octanol–water partition coefficient (Wildman–Crippen LogP) is 5.39. The van der Waals surface area contributed by atoms with Crippen LogP contribution in [0.4, 0.5) is 0 Å². The van der Waals surface area contributed by atoms with Crippen LogP contribution in [0.2, 0.25) is 0 Å². The smallest absolute Gasteiger partial charge is 0.181 e. The van der Waals surface area contributed by atoms with Crippen LogP contribution in [0.1, 0.15) is 25.0 Å². The van der Waals surface area contributed by atoms with E-state index in [1.807, 2.05) is 0 Å². The summed E-state index contributed by atoms with van der Waals surface area (Å²) < 4.78 is 1.66. The molecule has 0 spiro atoms. The summed E-state index contributed by atoms with van der Waals surface area (Å²) in [6.07, 6.45) is 5.41. The Balaban J connectivity index is 1.95. The highest BCUT2D eigenvalue weighted by Gasteiger charge is 2.15. The van der Waals surface area contributed by atoms with Gasteiger partial charge in [0.1, 0.15) is 5.52 Å². The summed E-state index contributed by atoms with van der Waals surface area (Å²) in [4.78, 5) is 9.81. The Morgan fingerprint density at radius 2 is 1.33 bits per heavy atom. The van der Waals surface area contributed by atoms with Crippen LogP contribution < -0.4 is 0 Å². The molecule has 4 heteroatoms. The molecule has 4 rings (SSSR count). The summed E-state index contributed by atoms with van der Waals surface area (Å²) in [5, 5.41) is 4.31. The van der Waals surface area contributed by atoms with Crippen LogP contribution in [0.3, 0.4) is 0 Å². The summed E-state index contributed by atoms with van der Waals surface area (Å²) in [6.45, 7) is 8.13. The normalized spacial score (nSPS) is 11.0. The maximum Gasteiger partial charge on any atom is 0.181 e. The van der Waals surface area contributed by atoms with Crippen LogP contribution in [-0.2, 0) is 12.8 Å². The first-order chi connectivity index (χ1) is 13.2. The molecule has 27 heavy (non-hydrogen) atoms. The van der Waals surface area contributed by atoms with E-state index in [4.69, 9.17) is 9.97 Å². The molecule has 0 aliphatic carbocycles. The van der Waals surface area contributed by atoms with Crippen LogP contribution in [0, 0.1) is 0 Å². The topological polar surface area (TPSA) is 43.6 Å². The van der Waals surface area contributed by atoms with Gasteiger partial charge in [-0.3, -0.25) is 0 Å². The first-order valence-electron chi connectivity index (χ1n) is 9.30. The van der Waals surface area contributed by atoms with Crippen LogP contribution in [0.5, 0.6) is 0 Å². The Bertz CT molecular complexity index is 1090. The SMILES string of the molecule is C=Cn1ncc2nc(-c3ccc(CC)cc3)c(-c3ccc(CC)cc3)nc21. The highest BCUT2D eigenvalue weighted by atomic mass is 15.3. The first kappa shape index (κ1) is 17.2. The molecule has 4 nitrogen and oxygen atoms in total. The monoisotopic (exact) mass is 354 g/mol. The third-order valence-corrected chi connectivity index (χ3v) is 4.87. The Labute approximate surface area is 159 Å². The molecule has 0 saturated carbocycles. The zero-order valence-electron chi connectivity index (χ0n) is 15.7. The van der Waals surface area contributed by atoms with Crippen molar-refractivity contribution in [3.8, 4) is 22.5 Å². The lowest BCUT2D eigenvalue weighted by Crippen LogP contribution is -1.98. The van der Waals surface area contributed by atoms with Crippen molar-refractivity contribution in [2.75, 3.05) is 0 Å². The average Bonchev–Trinajstić information content (AvgIpc) is 3.15. The van der Waals surface area contributed by atoms with Crippen molar-refractivity contribution in [2.45, 2.75) is 26.7 Å². The molecule has 4 aromatic rings. The van der Waals surface area contributed by atoms with E-state index < -0.39 is 0 Å². The number of fused-ring (bicyclic) bond motifs is 1. The summed E-state index contributed by atoms with van der Waals surface area (Å²) in [6, 6.07) is 17.1. The molecule has 0 bridgehead atoms. The van der Waals surface area contributed by atoms with Crippen LogP contribution >= 0.6 is 0 Å². The third kappa shape index (κ3) is 3.14. The minimum atomic E-state index is 0.716. The molecule has 0 atom stereocenters. The van der Waals surface area contributed by atoms with Crippen molar-refractivity contribution in [1.82, 2.24) is 19.7 Å². The largest absolute Gasteiger partial charge is 0.240 e. The Kier molecular flexibility index (Phi) is 4.55. The van der Waals surface area contributed by atoms with Crippen molar-refractivity contribution in [2.24, 2.45) is 0 Å². The molecular formula is C23H22N4. The Morgan fingerprint density at radius 3 is 1.81 bits per heavy atom. The second kappa shape index (κ2) is 7.16. The lowest BCUT2D eigenvalue weighted by atomic mass is 10.0. The lowest BCUT2D eigenvalue weighted by molar-refractivity contribution is 0.952. The van der Waals surface area contributed by atoms with Gasteiger partial charge in [0.25, 0.3) is 0 Å². The van der Waals surface area contributed by atoms with Crippen molar-refractivity contribution >= 4 is 17.4 Å². The molecule has 2 aromatic carbocycles.